The van der Waals surface area contributed by atoms with E-state index >= 15 is 0 Å². The van der Waals surface area contributed by atoms with E-state index in [9.17, 15) is 14.7 Å². The Kier molecular flexibility index (Phi) is 5.45. The first kappa shape index (κ1) is 19.7. The summed E-state index contributed by atoms with van der Waals surface area (Å²) in [4.78, 5) is 25.8. The van der Waals surface area contributed by atoms with Gasteiger partial charge in [-0.3, -0.25) is 14.2 Å². The van der Waals surface area contributed by atoms with Crippen molar-refractivity contribution in [1.29, 1.82) is 0 Å². The maximum absolute atomic E-state index is 13.2. The second-order valence-electron chi connectivity index (χ2n) is 8.54. The topological polar surface area (TPSA) is 101 Å². The Morgan fingerprint density at radius 3 is 2.72 bits per heavy atom. The molecule has 1 amide bonds. The van der Waals surface area contributed by atoms with E-state index in [1.165, 1.54) is 4.52 Å². The molecule has 3 heterocycles. The lowest BCUT2D eigenvalue weighted by Crippen LogP contribution is -2.36. The van der Waals surface area contributed by atoms with Gasteiger partial charge < -0.3 is 15.7 Å². The van der Waals surface area contributed by atoms with Crippen LogP contribution in [0.1, 0.15) is 55.5 Å². The van der Waals surface area contributed by atoms with Gasteiger partial charge >= 0.3 is 0 Å². The van der Waals surface area contributed by atoms with Crippen LogP contribution in [0.2, 0.25) is 0 Å². The van der Waals surface area contributed by atoms with Crippen molar-refractivity contribution in [2.45, 2.75) is 52.1 Å². The van der Waals surface area contributed by atoms with E-state index in [2.05, 4.69) is 21.8 Å². The van der Waals surface area contributed by atoms with E-state index in [0.717, 1.165) is 44.3 Å². The van der Waals surface area contributed by atoms with Gasteiger partial charge in [0.1, 0.15) is 5.65 Å². The van der Waals surface area contributed by atoms with Gasteiger partial charge in [0.15, 0.2) is 5.56 Å². The SMILES string of the molecule is CC(C)Cn1c(=O)c(C(=O)NC2CC2)c(O)n2ncc(/C=C/C3CCNCC3)c12. The van der Waals surface area contributed by atoms with E-state index in [-0.39, 0.29) is 17.5 Å². The molecule has 2 fully saturated rings. The molecule has 4 rings (SSSR count). The van der Waals surface area contributed by atoms with Crippen LogP contribution in [0, 0.1) is 11.8 Å². The lowest BCUT2D eigenvalue weighted by Gasteiger charge is -2.19. The predicted molar refractivity (Wildman–Crippen MR) is 111 cm³/mol. The van der Waals surface area contributed by atoms with Crippen LogP contribution >= 0.6 is 0 Å². The highest BCUT2D eigenvalue weighted by molar-refractivity contribution is 5.96. The molecule has 0 bridgehead atoms. The summed E-state index contributed by atoms with van der Waals surface area (Å²) >= 11 is 0. The number of nitrogens with one attached hydrogen (secondary N) is 2. The first-order valence-electron chi connectivity index (χ1n) is 10.5. The van der Waals surface area contributed by atoms with Crippen LogP contribution in [0.3, 0.4) is 0 Å². The molecule has 2 aromatic heterocycles. The molecule has 0 unspecified atom stereocenters. The number of allylic oxidation sites excluding steroid dienone is 1. The highest BCUT2D eigenvalue weighted by Gasteiger charge is 2.29. The van der Waals surface area contributed by atoms with Gasteiger partial charge in [0.05, 0.1) is 6.20 Å². The average Bonchev–Trinajstić information content (AvgIpc) is 3.40. The number of fused-ring (bicyclic) bond motifs is 1. The maximum Gasteiger partial charge on any atom is 0.270 e. The number of carbonyl (C=O) groups excluding carboxylic acids is 1. The number of rotatable bonds is 6. The molecule has 2 aliphatic rings. The fourth-order valence-electron chi connectivity index (χ4n) is 3.82. The quantitative estimate of drug-likeness (QED) is 0.687. The summed E-state index contributed by atoms with van der Waals surface area (Å²) in [5.74, 6) is -0.258. The molecule has 8 heteroatoms. The van der Waals surface area contributed by atoms with E-state index in [1.807, 2.05) is 19.9 Å². The van der Waals surface area contributed by atoms with Crippen LogP contribution in [0.4, 0.5) is 0 Å². The Balaban J connectivity index is 1.79. The van der Waals surface area contributed by atoms with Crippen molar-refractivity contribution in [3.05, 3.63) is 33.8 Å². The van der Waals surface area contributed by atoms with Crippen molar-refractivity contribution in [3.63, 3.8) is 0 Å². The molecular weight excluding hydrogens is 370 g/mol. The van der Waals surface area contributed by atoms with E-state index in [4.69, 9.17) is 0 Å². The largest absolute Gasteiger partial charge is 0.492 e. The third-order valence-corrected chi connectivity index (χ3v) is 5.53. The zero-order chi connectivity index (χ0) is 20.5. The summed E-state index contributed by atoms with van der Waals surface area (Å²) in [7, 11) is 0. The number of piperidine rings is 1. The van der Waals surface area contributed by atoms with Crippen molar-refractivity contribution in [1.82, 2.24) is 24.8 Å². The fraction of sp³-hybridized carbons (Fsp3) is 0.571. The molecule has 8 nitrogen and oxygen atoms in total. The number of aromatic hydroxyl groups is 1. The van der Waals surface area contributed by atoms with Gasteiger partial charge in [0.2, 0.25) is 5.88 Å². The molecule has 0 radical (unpaired) electrons. The number of amides is 1. The molecule has 0 aromatic carbocycles. The number of nitrogens with zero attached hydrogens (tertiary/aromatic N) is 3. The minimum Gasteiger partial charge on any atom is -0.492 e. The molecular formula is C21H29N5O3. The summed E-state index contributed by atoms with van der Waals surface area (Å²) in [6.07, 6.45) is 9.75. The Bertz CT molecular complexity index is 994. The Morgan fingerprint density at radius 1 is 1.34 bits per heavy atom. The molecule has 1 saturated heterocycles. The van der Waals surface area contributed by atoms with Crippen molar-refractivity contribution in [2.24, 2.45) is 11.8 Å². The van der Waals surface area contributed by atoms with Gasteiger partial charge in [0.25, 0.3) is 11.5 Å². The average molecular weight is 399 g/mol. The van der Waals surface area contributed by atoms with Crippen LogP contribution in [-0.2, 0) is 6.54 Å². The highest BCUT2D eigenvalue weighted by Crippen LogP contribution is 2.24. The Morgan fingerprint density at radius 2 is 2.07 bits per heavy atom. The Labute approximate surface area is 169 Å². The smallest absolute Gasteiger partial charge is 0.270 e. The zero-order valence-corrected chi connectivity index (χ0v) is 17.0. The van der Waals surface area contributed by atoms with Crippen LogP contribution < -0.4 is 16.2 Å². The van der Waals surface area contributed by atoms with Gasteiger partial charge in [-0.05, 0) is 50.6 Å². The lowest BCUT2D eigenvalue weighted by molar-refractivity contribution is 0.0944. The number of aromatic nitrogens is 3. The minimum atomic E-state index is -0.531. The second kappa shape index (κ2) is 8.02. The molecule has 3 N–H and O–H groups in total. The summed E-state index contributed by atoms with van der Waals surface area (Å²) in [5, 5.41) is 21.2. The van der Waals surface area contributed by atoms with Gasteiger partial charge in [-0.1, -0.05) is 26.0 Å². The zero-order valence-electron chi connectivity index (χ0n) is 17.0. The predicted octanol–water partition coefficient (Wildman–Crippen LogP) is 1.76. The molecule has 1 saturated carbocycles. The number of hydrogen-bond acceptors (Lipinski definition) is 5. The third kappa shape index (κ3) is 4.07. The lowest BCUT2D eigenvalue weighted by atomic mass is 9.97. The van der Waals surface area contributed by atoms with Crippen molar-refractivity contribution in [3.8, 4) is 5.88 Å². The standard InChI is InChI=1S/C21H29N5O3/c1-13(2)12-25-19-15(4-3-14-7-9-22-10-8-14)11-23-26(19)21(29)17(20(25)28)18(27)24-16-5-6-16/h3-4,11,13-14,16,22,29H,5-10,12H2,1-2H3,(H,24,27)/b4-3+. The number of carbonyl (C=O) groups is 1. The van der Waals surface area contributed by atoms with Gasteiger partial charge in [-0.25, -0.2) is 0 Å². The van der Waals surface area contributed by atoms with E-state index in [0.29, 0.717) is 18.1 Å². The van der Waals surface area contributed by atoms with E-state index in [1.54, 1.807) is 10.8 Å². The van der Waals surface area contributed by atoms with Gasteiger partial charge in [-0.2, -0.15) is 9.61 Å². The fourth-order valence-corrected chi connectivity index (χ4v) is 3.82. The molecule has 0 atom stereocenters. The normalized spacial score (nSPS) is 18.2. The number of hydrogen-bond donors (Lipinski definition) is 3. The van der Waals surface area contributed by atoms with Crippen LogP contribution in [0.25, 0.3) is 11.7 Å². The Hall–Kier alpha value is -2.61. The first-order chi connectivity index (χ1) is 14.0. The first-order valence-corrected chi connectivity index (χ1v) is 10.5. The van der Waals surface area contributed by atoms with Gasteiger partial charge in [-0.15, -0.1) is 0 Å². The summed E-state index contributed by atoms with van der Waals surface area (Å²) in [5.41, 5.74) is 0.584. The highest BCUT2D eigenvalue weighted by atomic mass is 16.3. The maximum atomic E-state index is 13.2. The summed E-state index contributed by atoms with van der Waals surface area (Å²) < 4.78 is 2.88. The second-order valence-corrected chi connectivity index (χ2v) is 8.54. The molecule has 156 valence electrons. The van der Waals surface area contributed by atoms with Crippen molar-refractivity contribution >= 4 is 17.6 Å². The summed E-state index contributed by atoms with van der Waals surface area (Å²) in [6, 6.07) is 0.0941. The molecule has 1 aliphatic carbocycles. The van der Waals surface area contributed by atoms with E-state index < -0.39 is 17.3 Å². The van der Waals surface area contributed by atoms with Crippen LogP contribution in [-0.4, -0.2) is 44.3 Å². The van der Waals surface area contributed by atoms with Crippen LogP contribution in [0.5, 0.6) is 5.88 Å². The molecule has 29 heavy (non-hydrogen) atoms. The minimum absolute atomic E-state index is 0.0941. The monoisotopic (exact) mass is 399 g/mol. The van der Waals surface area contributed by atoms with Crippen LogP contribution in [0.15, 0.2) is 17.1 Å². The molecule has 2 aromatic rings. The molecule has 1 aliphatic heterocycles. The third-order valence-electron chi connectivity index (χ3n) is 5.53. The van der Waals surface area contributed by atoms with Crippen molar-refractivity contribution < 1.29 is 9.90 Å². The molecule has 0 spiro atoms. The van der Waals surface area contributed by atoms with Gasteiger partial charge in [0, 0.05) is 18.2 Å². The van der Waals surface area contributed by atoms with Crippen molar-refractivity contribution in [2.75, 3.05) is 13.1 Å². The summed E-state index contributed by atoms with van der Waals surface area (Å²) in [6.45, 7) is 6.47.